The van der Waals surface area contributed by atoms with Crippen molar-refractivity contribution in [2.24, 2.45) is 23.7 Å². The van der Waals surface area contributed by atoms with Gasteiger partial charge in [-0.25, -0.2) is 4.79 Å². The van der Waals surface area contributed by atoms with Crippen molar-refractivity contribution in [3.8, 4) is 0 Å². The average Bonchev–Trinajstić information content (AvgIpc) is 2.57. The first kappa shape index (κ1) is 11.5. The van der Waals surface area contributed by atoms with Crippen LogP contribution in [0.1, 0.15) is 19.3 Å². The summed E-state index contributed by atoms with van der Waals surface area (Å²) in [5, 5.41) is 9.09. The molecule has 3 aliphatic rings. The normalized spacial score (nSPS) is 37.4. The lowest BCUT2D eigenvalue weighted by molar-refractivity contribution is -0.132. The predicted octanol–water partition coefficient (Wildman–Crippen LogP) is 3.34. The fraction of sp³-hybridized carbons (Fsp3) is 0.438. The fourth-order valence-corrected chi connectivity index (χ4v) is 3.55. The van der Waals surface area contributed by atoms with Crippen LogP contribution < -0.4 is 0 Å². The van der Waals surface area contributed by atoms with E-state index in [0.29, 0.717) is 29.2 Å². The maximum absolute atomic E-state index is 11.1. The molecule has 0 saturated heterocycles. The zero-order valence-electron chi connectivity index (χ0n) is 10.3. The van der Waals surface area contributed by atoms with Gasteiger partial charge in [0, 0.05) is 0 Å². The summed E-state index contributed by atoms with van der Waals surface area (Å²) in [4.78, 5) is 11.1. The topological polar surface area (TPSA) is 37.3 Å². The Hall–Kier alpha value is -1.57. The molecule has 0 spiro atoms. The molecule has 4 atom stereocenters. The summed E-state index contributed by atoms with van der Waals surface area (Å²) < 4.78 is 0. The van der Waals surface area contributed by atoms with Crippen molar-refractivity contribution in [3.05, 3.63) is 48.1 Å². The third-order valence-corrected chi connectivity index (χ3v) is 4.45. The molecule has 1 N–H and O–H groups in total. The Morgan fingerprint density at radius 1 is 1.06 bits per heavy atom. The van der Waals surface area contributed by atoms with Gasteiger partial charge in [-0.2, -0.15) is 0 Å². The average molecular weight is 242 g/mol. The minimum absolute atomic E-state index is 0.396. The highest BCUT2D eigenvalue weighted by Gasteiger charge is 2.35. The molecule has 0 aliphatic heterocycles. The minimum atomic E-state index is -0.801. The number of fused-ring (bicyclic) bond motifs is 3. The van der Waals surface area contributed by atoms with Crippen LogP contribution >= 0.6 is 0 Å². The number of rotatable bonds is 1. The maximum atomic E-state index is 11.1. The highest BCUT2D eigenvalue weighted by atomic mass is 16.4. The quantitative estimate of drug-likeness (QED) is 0.765. The van der Waals surface area contributed by atoms with Gasteiger partial charge < -0.3 is 5.11 Å². The van der Waals surface area contributed by atoms with E-state index in [1.165, 1.54) is 12.8 Å². The summed E-state index contributed by atoms with van der Waals surface area (Å²) >= 11 is 0. The van der Waals surface area contributed by atoms with Crippen LogP contribution in [-0.4, -0.2) is 11.1 Å². The second kappa shape index (κ2) is 4.60. The first-order valence-corrected chi connectivity index (χ1v) is 6.74. The van der Waals surface area contributed by atoms with E-state index in [9.17, 15) is 4.79 Å². The van der Waals surface area contributed by atoms with Gasteiger partial charge in [-0.05, 0) is 36.5 Å². The number of hydrogen-bond donors (Lipinski definition) is 1. The van der Waals surface area contributed by atoms with Crippen molar-refractivity contribution in [3.63, 3.8) is 0 Å². The fourth-order valence-electron chi connectivity index (χ4n) is 3.55. The van der Waals surface area contributed by atoms with Crippen molar-refractivity contribution in [2.75, 3.05) is 0 Å². The summed E-state index contributed by atoms with van der Waals surface area (Å²) in [5.74, 6) is 1.25. The zero-order chi connectivity index (χ0) is 12.5. The van der Waals surface area contributed by atoms with Gasteiger partial charge in [0.2, 0.25) is 0 Å². The van der Waals surface area contributed by atoms with Crippen LogP contribution in [0.2, 0.25) is 0 Å². The lowest BCUT2D eigenvalue weighted by atomic mass is 9.72. The molecule has 18 heavy (non-hydrogen) atoms. The third kappa shape index (κ3) is 1.96. The van der Waals surface area contributed by atoms with Gasteiger partial charge in [0.15, 0.2) is 0 Å². The van der Waals surface area contributed by atoms with E-state index in [0.717, 1.165) is 6.42 Å². The van der Waals surface area contributed by atoms with Crippen molar-refractivity contribution in [1.29, 1.82) is 0 Å². The smallest absolute Gasteiger partial charge is 0.335 e. The van der Waals surface area contributed by atoms with Crippen LogP contribution in [0.4, 0.5) is 0 Å². The van der Waals surface area contributed by atoms with Crippen LogP contribution in [-0.2, 0) is 4.79 Å². The molecule has 94 valence electrons. The lowest BCUT2D eigenvalue weighted by Gasteiger charge is -2.32. The van der Waals surface area contributed by atoms with Crippen molar-refractivity contribution >= 4 is 5.97 Å². The Kier molecular flexibility index (Phi) is 2.94. The van der Waals surface area contributed by atoms with Crippen LogP contribution in [0.3, 0.4) is 0 Å². The van der Waals surface area contributed by atoms with E-state index in [1.807, 2.05) is 6.08 Å². The second-order valence-corrected chi connectivity index (χ2v) is 5.47. The van der Waals surface area contributed by atoms with Crippen LogP contribution in [0.15, 0.2) is 48.1 Å². The summed E-state index contributed by atoms with van der Waals surface area (Å²) in [6.45, 7) is 0. The maximum Gasteiger partial charge on any atom is 0.335 e. The summed E-state index contributed by atoms with van der Waals surface area (Å²) in [6, 6.07) is 0. The molecule has 2 heteroatoms. The molecule has 1 fully saturated rings. The molecule has 0 aromatic carbocycles. The molecule has 0 radical (unpaired) electrons. The van der Waals surface area contributed by atoms with Gasteiger partial charge >= 0.3 is 5.97 Å². The zero-order valence-corrected chi connectivity index (χ0v) is 10.3. The van der Waals surface area contributed by atoms with Crippen LogP contribution in [0, 0.1) is 23.7 Å². The Morgan fingerprint density at radius 3 is 2.61 bits per heavy atom. The number of carboxylic acids is 1. The van der Waals surface area contributed by atoms with Crippen molar-refractivity contribution in [1.82, 2.24) is 0 Å². The predicted molar refractivity (Wildman–Crippen MR) is 70.9 cm³/mol. The molecular formula is C16H18O2. The standard InChI is InChI=1S/C16H18O2/c17-16(18)13-8-9-15-12(10-13)6-3-5-11-4-1-2-7-14(11)15/h1-2,4,7-12,14-15H,3,5-6H2,(H,17,18). The van der Waals surface area contributed by atoms with Gasteiger partial charge in [-0.1, -0.05) is 49.0 Å². The highest BCUT2D eigenvalue weighted by Crippen LogP contribution is 2.43. The summed E-state index contributed by atoms with van der Waals surface area (Å²) in [5.41, 5.74) is 0.463. The van der Waals surface area contributed by atoms with Crippen LogP contribution in [0.25, 0.3) is 0 Å². The Morgan fingerprint density at radius 2 is 1.78 bits per heavy atom. The molecule has 0 aromatic heterocycles. The number of allylic oxidation sites excluding steroid dienone is 6. The van der Waals surface area contributed by atoms with E-state index < -0.39 is 5.97 Å². The molecule has 1 saturated carbocycles. The number of hydrogen-bond acceptors (Lipinski definition) is 1. The second-order valence-electron chi connectivity index (χ2n) is 5.47. The van der Waals surface area contributed by atoms with E-state index in [2.05, 4.69) is 30.4 Å². The van der Waals surface area contributed by atoms with Crippen molar-refractivity contribution < 1.29 is 9.90 Å². The number of carbonyl (C=O) groups is 1. The minimum Gasteiger partial charge on any atom is -0.478 e. The first-order valence-electron chi connectivity index (χ1n) is 6.74. The molecule has 3 aliphatic carbocycles. The van der Waals surface area contributed by atoms with E-state index in [-0.39, 0.29) is 0 Å². The first-order chi connectivity index (χ1) is 8.75. The molecule has 0 bridgehead atoms. The highest BCUT2D eigenvalue weighted by molar-refractivity contribution is 5.90. The Balaban J connectivity index is 1.90. The molecule has 0 aromatic rings. The van der Waals surface area contributed by atoms with Crippen LogP contribution in [0.5, 0.6) is 0 Å². The summed E-state index contributed by atoms with van der Waals surface area (Å²) in [6.07, 6.45) is 18.3. The Bertz CT molecular complexity index is 467. The SMILES string of the molecule is O=C(O)C1=CC2CCCC3C=CC=CC3C2C=C1. The summed E-state index contributed by atoms with van der Waals surface area (Å²) in [7, 11) is 0. The molecule has 3 rings (SSSR count). The van der Waals surface area contributed by atoms with Gasteiger partial charge in [-0.15, -0.1) is 0 Å². The van der Waals surface area contributed by atoms with E-state index in [1.54, 1.807) is 6.08 Å². The molecule has 0 heterocycles. The molecular weight excluding hydrogens is 224 g/mol. The number of aliphatic carboxylic acids is 1. The van der Waals surface area contributed by atoms with Crippen molar-refractivity contribution in [2.45, 2.75) is 19.3 Å². The van der Waals surface area contributed by atoms with Gasteiger partial charge in [0.05, 0.1) is 5.57 Å². The monoisotopic (exact) mass is 242 g/mol. The Labute approximate surface area is 107 Å². The molecule has 0 amide bonds. The number of carboxylic acid groups (broad SMARTS) is 1. The van der Waals surface area contributed by atoms with E-state index >= 15 is 0 Å². The lowest BCUT2D eigenvalue weighted by Crippen LogP contribution is -2.25. The molecule has 2 nitrogen and oxygen atoms in total. The van der Waals surface area contributed by atoms with E-state index in [4.69, 9.17) is 5.11 Å². The van der Waals surface area contributed by atoms with Gasteiger partial charge in [0.25, 0.3) is 0 Å². The largest absolute Gasteiger partial charge is 0.478 e. The third-order valence-electron chi connectivity index (χ3n) is 4.45. The van der Waals surface area contributed by atoms with Gasteiger partial charge in [-0.3, -0.25) is 0 Å². The van der Waals surface area contributed by atoms with Gasteiger partial charge in [0.1, 0.15) is 0 Å². The molecule has 4 unspecified atom stereocenters.